The molecule has 4 rings (SSSR count). The minimum absolute atomic E-state index is 0.0819. The van der Waals surface area contributed by atoms with E-state index in [2.05, 4.69) is 9.97 Å². The van der Waals surface area contributed by atoms with Gasteiger partial charge in [-0.1, -0.05) is 35.1 Å². The Hall–Kier alpha value is -3.08. The molecule has 11 heteroatoms. The first-order chi connectivity index (χ1) is 15.6. The number of anilines is 1. The molecule has 0 spiro atoms. The molecule has 1 amide bonds. The molecule has 0 bridgehead atoms. The Morgan fingerprint density at radius 3 is 2.27 bits per heavy atom. The molecule has 1 aromatic carbocycles. The van der Waals surface area contributed by atoms with Crippen molar-refractivity contribution in [2.75, 3.05) is 12.0 Å². The zero-order valence-electron chi connectivity index (χ0n) is 18.0. The number of ketones is 1. The van der Waals surface area contributed by atoms with Gasteiger partial charge in [0.25, 0.3) is 5.91 Å². The van der Waals surface area contributed by atoms with E-state index in [0.717, 1.165) is 11.3 Å². The average molecular weight is 504 g/mol. The van der Waals surface area contributed by atoms with Crippen molar-refractivity contribution in [2.45, 2.75) is 26.8 Å². The number of ether oxygens (including phenoxy) is 1. The number of aliphatic hydroxyl groups is 1. The van der Waals surface area contributed by atoms with E-state index in [9.17, 15) is 19.5 Å². The summed E-state index contributed by atoms with van der Waals surface area (Å²) in [5.74, 6) is -2.54. The molecule has 0 saturated heterocycles. The minimum Gasteiger partial charge on any atom is -0.503 e. The molecule has 2 aromatic heterocycles. The quantitative estimate of drug-likeness (QED) is 0.395. The van der Waals surface area contributed by atoms with Gasteiger partial charge in [-0.05, 0) is 38.5 Å². The maximum absolute atomic E-state index is 13.5. The molecule has 8 nitrogen and oxygen atoms in total. The van der Waals surface area contributed by atoms with Crippen molar-refractivity contribution >= 4 is 57.1 Å². The Kier molecular flexibility index (Phi) is 6.08. The van der Waals surface area contributed by atoms with Crippen LogP contribution in [0.25, 0.3) is 0 Å². The van der Waals surface area contributed by atoms with Crippen LogP contribution in [0.2, 0.25) is 5.02 Å². The number of carbonyl (C=O) groups excluding carboxylic acids is 3. The van der Waals surface area contributed by atoms with E-state index >= 15 is 0 Å². The summed E-state index contributed by atoms with van der Waals surface area (Å²) in [7, 11) is 1.25. The number of amides is 1. The van der Waals surface area contributed by atoms with E-state index in [1.54, 1.807) is 45.0 Å². The summed E-state index contributed by atoms with van der Waals surface area (Å²) in [5.41, 5.74) is 1.35. The Bertz CT molecular complexity index is 1330. The molecule has 1 aliphatic heterocycles. The van der Waals surface area contributed by atoms with E-state index in [-0.39, 0.29) is 15.6 Å². The maximum atomic E-state index is 13.5. The van der Waals surface area contributed by atoms with Crippen molar-refractivity contribution in [3.8, 4) is 0 Å². The summed E-state index contributed by atoms with van der Waals surface area (Å²) >= 11 is 8.19. The fraction of sp³-hybridized carbons (Fsp3) is 0.227. The molecule has 3 aromatic rings. The SMILES string of the molecule is COC(=O)c1sc(N2C(=O)C(O)=C(C(=O)c3sc(C)nc3C)C2c2ccc(Cl)cc2)nc1C. The molecule has 0 aliphatic carbocycles. The molecule has 1 atom stereocenters. The summed E-state index contributed by atoms with van der Waals surface area (Å²) in [6.45, 7) is 5.10. The van der Waals surface area contributed by atoms with Crippen LogP contribution in [-0.4, -0.2) is 39.8 Å². The van der Waals surface area contributed by atoms with Crippen LogP contribution in [0, 0.1) is 20.8 Å². The van der Waals surface area contributed by atoms with Gasteiger partial charge in [0.05, 0.1) is 40.0 Å². The highest BCUT2D eigenvalue weighted by Crippen LogP contribution is 2.44. The lowest BCUT2D eigenvalue weighted by Gasteiger charge is -2.24. The molecule has 1 aliphatic rings. The fourth-order valence-corrected chi connectivity index (χ4v) is 5.64. The van der Waals surface area contributed by atoms with Crippen LogP contribution in [0.1, 0.15) is 47.3 Å². The first-order valence-corrected chi connectivity index (χ1v) is 11.7. The lowest BCUT2D eigenvalue weighted by molar-refractivity contribution is -0.117. The number of halogens is 1. The second-order valence-electron chi connectivity index (χ2n) is 7.27. The summed E-state index contributed by atoms with van der Waals surface area (Å²) in [6.07, 6.45) is 0. The van der Waals surface area contributed by atoms with Crippen LogP contribution in [0.15, 0.2) is 35.6 Å². The van der Waals surface area contributed by atoms with Gasteiger partial charge in [0, 0.05) is 5.02 Å². The number of benzene rings is 1. The predicted octanol–water partition coefficient (Wildman–Crippen LogP) is 4.75. The number of Topliss-reactive ketones (excluding diaryl/α,β-unsaturated/α-hetero) is 1. The lowest BCUT2D eigenvalue weighted by Crippen LogP contribution is -2.31. The summed E-state index contributed by atoms with van der Waals surface area (Å²) in [6, 6.07) is 5.63. The number of thiazole rings is 2. The molecule has 1 unspecified atom stereocenters. The summed E-state index contributed by atoms with van der Waals surface area (Å²) in [4.78, 5) is 49.3. The Morgan fingerprint density at radius 1 is 1.06 bits per heavy atom. The molecule has 170 valence electrons. The van der Waals surface area contributed by atoms with Crippen LogP contribution in [0.3, 0.4) is 0 Å². The molecule has 3 heterocycles. The summed E-state index contributed by atoms with van der Waals surface area (Å²) < 4.78 is 4.79. The molecule has 0 fully saturated rings. The Morgan fingerprint density at radius 2 is 1.70 bits per heavy atom. The van der Waals surface area contributed by atoms with Crippen molar-refractivity contribution in [3.63, 3.8) is 0 Å². The van der Waals surface area contributed by atoms with E-state index in [1.807, 2.05) is 0 Å². The van der Waals surface area contributed by atoms with Gasteiger partial charge in [0.1, 0.15) is 4.88 Å². The molecule has 33 heavy (non-hydrogen) atoms. The second-order valence-corrected chi connectivity index (χ2v) is 9.89. The van der Waals surface area contributed by atoms with Crippen molar-refractivity contribution in [2.24, 2.45) is 0 Å². The van der Waals surface area contributed by atoms with E-state index in [0.29, 0.717) is 31.9 Å². The van der Waals surface area contributed by atoms with Gasteiger partial charge in [-0.25, -0.2) is 14.8 Å². The lowest BCUT2D eigenvalue weighted by atomic mass is 9.95. The summed E-state index contributed by atoms with van der Waals surface area (Å²) in [5, 5.41) is 12.2. The highest BCUT2D eigenvalue weighted by atomic mass is 35.5. The number of hydrogen-bond acceptors (Lipinski definition) is 9. The molecular weight excluding hydrogens is 486 g/mol. The zero-order valence-corrected chi connectivity index (χ0v) is 20.4. The average Bonchev–Trinajstić information content (AvgIpc) is 3.41. The number of esters is 1. The third-order valence-electron chi connectivity index (χ3n) is 5.11. The number of nitrogens with zero attached hydrogens (tertiary/aromatic N) is 3. The number of aryl methyl sites for hydroxylation is 3. The number of methoxy groups -OCH3 is 1. The topological polar surface area (TPSA) is 110 Å². The van der Waals surface area contributed by atoms with Gasteiger partial charge < -0.3 is 9.84 Å². The van der Waals surface area contributed by atoms with Gasteiger partial charge in [-0.15, -0.1) is 11.3 Å². The van der Waals surface area contributed by atoms with E-state index in [1.165, 1.54) is 23.3 Å². The standard InChI is InChI=1S/C22H18ClN3O5S2/c1-9-18(32-11(3)24-9)16(27)14-15(12-5-7-13(23)8-6-12)26(20(29)17(14)28)22-25-10(2)19(33-22)21(30)31-4/h5-8,15,28H,1-4H3. The molecule has 0 saturated carbocycles. The highest BCUT2D eigenvalue weighted by molar-refractivity contribution is 7.17. The van der Waals surface area contributed by atoms with Crippen molar-refractivity contribution in [1.82, 2.24) is 9.97 Å². The number of hydrogen-bond donors (Lipinski definition) is 1. The third kappa shape index (κ3) is 3.94. The molecule has 1 N–H and O–H groups in total. The van der Waals surface area contributed by atoms with Crippen LogP contribution < -0.4 is 4.90 Å². The van der Waals surface area contributed by atoms with Gasteiger partial charge in [-0.2, -0.15) is 0 Å². The van der Waals surface area contributed by atoms with Gasteiger partial charge in [0.15, 0.2) is 10.9 Å². The first-order valence-electron chi connectivity index (χ1n) is 9.70. The highest BCUT2D eigenvalue weighted by Gasteiger charge is 2.46. The van der Waals surface area contributed by atoms with Crippen LogP contribution in [0.4, 0.5) is 5.13 Å². The maximum Gasteiger partial charge on any atom is 0.350 e. The normalized spacial score (nSPS) is 16.0. The van der Waals surface area contributed by atoms with Gasteiger partial charge >= 0.3 is 5.97 Å². The number of aromatic nitrogens is 2. The number of rotatable bonds is 5. The zero-order chi connectivity index (χ0) is 24.0. The van der Waals surface area contributed by atoms with E-state index < -0.39 is 29.5 Å². The van der Waals surface area contributed by atoms with E-state index in [4.69, 9.17) is 16.3 Å². The third-order valence-corrected chi connectivity index (χ3v) is 7.57. The van der Waals surface area contributed by atoms with Crippen LogP contribution in [0.5, 0.6) is 0 Å². The first kappa shape index (κ1) is 23.1. The smallest absolute Gasteiger partial charge is 0.350 e. The molecule has 0 radical (unpaired) electrons. The second kappa shape index (κ2) is 8.69. The number of carbonyl (C=O) groups is 3. The van der Waals surface area contributed by atoms with Crippen molar-refractivity contribution in [3.05, 3.63) is 72.3 Å². The van der Waals surface area contributed by atoms with Crippen LogP contribution >= 0.6 is 34.3 Å². The largest absolute Gasteiger partial charge is 0.503 e. The van der Waals surface area contributed by atoms with Crippen LogP contribution in [-0.2, 0) is 9.53 Å². The monoisotopic (exact) mass is 503 g/mol. The predicted molar refractivity (Wildman–Crippen MR) is 125 cm³/mol. The minimum atomic E-state index is -0.972. The Balaban J connectivity index is 1.89. The van der Waals surface area contributed by atoms with Gasteiger partial charge in [0.2, 0.25) is 5.78 Å². The number of aliphatic hydroxyl groups excluding tert-OH is 1. The van der Waals surface area contributed by atoms with Crippen molar-refractivity contribution in [1.29, 1.82) is 0 Å². The van der Waals surface area contributed by atoms with Crippen molar-refractivity contribution < 1.29 is 24.2 Å². The molecular formula is C22H18ClN3O5S2. The fourth-order valence-electron chi connectivity index (χ4n) is 3.63. The Labute approximate surface area is 202 Å². The van der Waals surface area contributed by atoms with Gasteiger partial charge in [-0.3, -0.25) is 14.5 Å².